The lowest BCUT2D eigenvalue weighted by Gasteiger charge is -2.26. The molecule has 0 spiro atoms. The molecule has 1 aliphatic heterocycles. The first-order chi connectivity index (χ1) is 11.3. The van der Waals surface area contributed by atoms with Gasteiger partial charge in [0.1, 0.15) is 5.69 Å². The molecule has 0 N–H and O–H groups in total. The number of amides is 1. The van der Waals surface area contributed by atoms with Gasteiger partial charge in [-0.3, -0.25) is 9.78 Å². The highest BCUT2D eigenvalue weighted by atomic mass is 32.2. The summed E-state index contributed by atoms with van der Waals surface area (Å²) in [6.45, 7) is 3.79. The molecule has 23 heavy (non-hydrogen) atoms. The van der Waals surface area contributed by atoms with Crippen molar-refractivity contribution in [2.24, 2.45) is 0 Å². The van der Waals surface area contributed by atoms with Gasteiger partial charge in [-0.25, -0.2) is 4.98 Å². The molecule has 0 unspecified atom stereocenters. The van der Waals surface area contributed by atoms with Crippen molar-refractivity contribution in [2.75, 3.05) is 18.8 Å². The molecule has 1 aromatic carbocycles. The van der Waals surface area contributed by atoms with Crippen molar-refractivity contribution in [3.05, 3.63) is 42.4 Å². The number of benzene rings is 1. The molecule has 4 nitrogen and oxygen atoms in total. The quantitative estimate of drug-likeness (QED) is 0.800. The van der Waals surface area contributed by atoms with E-state index in [1.807, 2.05) is 17.0 Å². The molecule has 3 rings (SSSR count). The summed E-state index contributed by atoms with van der Waals surface area (Å²) in [5, 5.41) is 0. The Morgan fingerprint density at radius 2 is 2.04 bits per heavy atom. The van der Waals surface area contributed by atoms with Gasteiger partial charge in [0.05, 0.1) is 18.1 Å². The Hall–Kier alpha value is -1.88. The maximum atomic E-state index is 12.6. The maximum absolute atomic E-state index is 12.6. The monoisotopic (exact) mass is 327 g/mol. The van der Waals surface area contributed by atoms with Crippen LogP contribution in [0.3, 0.4) is 0 Å². The second-order valence-electron chi connectivity index (χ2n) is 5.60. The summed E-state index contributed by atoms with van der Waals surface area (Å²) in [5.41, 5.74) is 2.20. The van der Waals surface area contributed by atoms with Gasteiger partial charge < -0.3 is 4.90 Å². The first-order valence-electron chi connectivity index (χ1n) is 8.12. The number of nitrogens with zero attached hydrogens (tertiary/aromatic N) is 3. The van der Waals surface area contributed by atoms with Crippen LogP contribution in [-0.2, 0) is 0 Å². The third kappa shape index (κ3) is 3.91. The van der Waals surface area contributed by atoms with Gasteiger partial charge in [-0.05, 0) is 37.1 Å². The van der Waals surface area contributed by atoms with Gasteiger partial charge in [-0.15, -0.1) is 11.8 Å². The van der Waals surface area contributed by atoms with Gasteiger partial charge in [-0.2, -0.15) is 0 Å². The summed E-state index contributed by atoms with van der Waals surface area (Å²) in [6.07, 6.45) is 6.66. The van der Waals surface area contributed by atoms with Gasteiger partial charge in [0.15, 0.2) is 0 Å². The SMILES string of the molecule is CCSc1cccc(-c2cncc(C(=O)N3CCCCC3)n2)c1. The Balaban J connectivity index is 1.84. The first kappa shape index (κ1) is 16.0. The lowest BCUT2D eigenvalue weighted by molar-refractivity contribution is 0.0718. The number of hydrogen-bond acceptors (Lipinski definition) is 4. The molecule has 0 bridgehead atoms. The number of hydrogen-bond donors (Lipinski definition) is 0. The Morgan fingerprint density at radius 3 is 2.83 bits per heavy atom. The third-order valence-electron chi connectivity index (χ3n) is 3.94. The standard InChI is InChI=1S/C18H21N3OS/c1-2-23-15-8-6-7-14(11-15)16-12-19-13-17(20-16)18(22)21-9-4-3-5-10-21/h6-8,11-13H,2-5,9-10H2,1H3. The molecule has 1 saturated heterocycles. The van der Waals surface area contributed by atoms with Crippen molar-refractivity contribution in [1.82, 2.24) is 14.9 Å². The zero-order chi connectivity index (χ0) is 16.1. The number of likely N-dealkylation sites (tertiary alicyclic amines) is 1. The fourth-order valence-electron chi connectivity index (χ4n) is 2.78. The topological polar surface area (TPSA) is 46.1 Å². The molecular formula is C18H21N3OS. The fourth-order valence-corrected chi connectivity index (χ4v) is 3.50. The van der Waals surface area contributed by atoms with Gasteiger partial charge in [0.2, 0.25) is 0 Å². The van der Waals surface area contributed by atoms with E-state index in [1.165, 1.54) is 11.3 Å². The van der Waals surface area contributed by atoms with E-state index in [0.29, 0.717) is 5.69 Å². The van der Waals surface area contributed by atoms with E-state index in [0.717, 1.165) is 42.9 Å². The average Bonchev–Trinajstić information content (AvgIpc) is 2.62. The molecule has 0 aliphatic carbocycles. The van der Waals surface area contributed by atoms with Crippen molar-refractivity contribution in [1.29, 1.82) is 0 Å². The van der Waals surface area contributed by atoms with E-state index in [-0.39, 0.29) is 5.91 Å². The Morgan fingerprint density at radius 1 is 1.22 bits per heavy atom. The zero-order valence-corrected chi connectivity index (χ0v) is 14.2. The van der Waals surface area contributed by atoms with E-state index < -0.39 is 0 Å². The predicted octanol–water partition coefficient (Wildman–Crippen LogP) is 3.88. The van der Waals surface area contributed by atoms with E-state index in [9.17, 15) is 4.79 Å². The molecule has 0 saturated carbocycles. The van der Waals surface area contributed by atoms with E-state index >= 15 is 0 Å². The van der Waals surface area contributed by atoms with Crippen LogP contribution in [0.25, 0.3) is 11.3 Å². The van der Waals surface area contributed by atoms with E-state index in [1.54, 1.807) is 24.2 Å². The summed E-state index contributed by atoms with van der Waals surface area (Å²) in [4.78, 5) is 24.5. The van der Waals surface area contributed by atoms with Crippen LogP contribution in [-0.4, -0.2) is 39.6 Å². The molecule has 1 amide bonds. The minimum Gasteiger partial charge on any atom is -0.337 e. The smallest absolute Gasteiger partial charge is 0.274 e. The van der Waals surface area contributed by atoms with Crippen LogP contribution in [0.2, 0.25) is 0 Å². The van der Waals surface area contributed by atoms with Gasteiger partial charge >= 0.3 is 0 Å². The molecule has 1 fully saturated rings. The average molecular weight is 327 g/mol. The predicted molar refractivity (Wildman–Crippen MR) is 93.6 cm³/mol. The minimum absolute atomic E-state index is 0.00172. The molecule has 0 atom stereocenters. The molecule has 1 aromatic heterocycles. The van der Waals surface area contributed by atoms with Crippen molar-refractivity contribution < 1.29 is 4.79 Å². The summed E-state index contributed by atoms with van der Waals surface area (Å²) in [7, 11) is 0. The van der Waals surface area contributed by atoms with Gasteiger partial charge in [-0.1, -0.05) is 19.1 Å². The summed E-state index contributed by atoms with van der Waals surface area (Å²) < 4.78 is 0. The van der Waals surface area contributed by atoms with E-state index in [4.69, 9.17) is 0 Å². The summed E-state index contributed by atoms with van der Waals surface area (Å²) in [6, 6.07) is 8.23. The third-order valence-corrected chi connectivity index (χ3v) is 4.81. The Bertz CT molecular complexity index is 683. The lowest BCUT2D eigenvalue weighted by atomic mass is 10.1. The number of rotatable bonds is 4. The lowest BCUT2D eigenvalue weighted by Crippen LogP contribution is -2.36. The van der Waals surface area contributed by atoms with Crippen LogP contribution in [0.4, 0.5) is 0 Å². The number of carbonyl (C=O) groups is 1. The summed E-state index contributed by atoms with van der Waals surface area (Å²) >= 11 is 1.79. The van der Waals surface area contributed by atoms with Gasteiger partial charge in [0.25, 0.3) is 5.91 Å². The maximum Gasteiger partial charge on any atom is 0.274 e. The van der Waals surface area contributed by atoms with Crippen molar-refractivity contribution in [2.45, 2.75) is 31.1 Å². The molecule has 120 valence electrons. The van der Waals surface area contributed by atoms with Crippen molar-refractivity contribution in [3.8, 4) is 11.3 Å². The van der Waals surface area contributed by atoms with Crippen LogP contribution in [0.1, 0.15) is 36.7 Å². The zero-order valence-electron chi connectivity index (χ0n) is 13.4. The van der Waals surface area contributed by atoms with Gasteiger partial charge in [0, 0.05) is 23.5 Å². The second-order valence-corrected chi connectivity index (χ2v) is 6.94. The number of piperidine rings is 1. The van der Waals surface area contributed by atoms with Crippen molar-refractivity contribution >= 4 is 17.7 Å². The molecule has 1 aliphatic rings. The number of thioether (sulfide) groups is 1. The van der Waals surface area contributed by atoms with Crippen molar-refractivity contribution in [3.63, 3.8) is 0 Å². The summed E-state index contributed by atoms with van der Waals surface area (Å²) in [5.74, 6) is 1.03. The Labute approximate surface area is 141 Å². The highest BCUT2D eigenvalue weighted by Crippen LogP contribution is 2.24. The molecule has 2 aromatic rings. The van der Waals surface area contributed by atoms with Crippen LogP contribution >= 0.6 is 11.8 Å². The number of carbonyl (C=O) groups excluding carboxylic acids is 1. The van der Waals surface area contributed by atoms with E-state index in [2.05, 4.69) is 29.0 Å². The van der Waals surface area contributed by atoms with Crippen LogP contribution in [0, 0.1) is 0 Å². The normalized spacial score (nSPS) is 14.7. The highest BCUT2D eigenvalue weighted by molar-refractivity contribution is 7.99. The van der Waals surface area contributed by atoms with Crippen LogP contribution < -0.4 is 0 Å². The fraction of sp³-hybridized carbons (Fsp3) is 0.389. The largest absolute Gasteiger partial charge is 0.337 e. The van der Waals surface area contributed by atoms with Crippen LogP contribution in [0.5, 0.6) is 0 Å². The first-order valence-corrected chi connectivity index (χ1v) is 9.11. The molecule has 0 radical (unpaired) electrons. The highest BCUT2D eigenvalue weighted by Gasteiger charge is 2.20. The molecule has 5 heteroatoms. The number of aromatic nitrogens is 2. The Kier molecular flexibility index (Phi) is 5.28. The van der Waals surface area contributed by atoms with Crippen LogP contribution in [0.15, 0.2) is 41.6 Å². The molecule has 2 heterocycles. The molecular weight excluding hydrogens is 306 g/mol. The minimum atomic E-state index is -0.00172. The second kappa shape index (κ2) is 7.59.